The smallest absolute Gasteiger partial charge is 0.333 e. The Morgan fingerprint density at radius 2 is 2.05 bits per heavy atom. The van der Waals surface area contributed by atoms with Crippen molar-refractivity contribution in [2.24, 2.45) is 5.18 Å². The quantitative estimate of drug-likeness (QED) is 0.634. The summed E-state index contributed by atoms with van der Waals surface area (Å²) >= 11 is 0. The highest BCUT2D eigenvalue weighted by Gasteiger charge is 2.15. The van der Waals surface area contributed by atoms with E-state index in [0.29, 0.717) is 11.3 Å². The zero-order valence-electron chi connectivity index (χ0n) is 11.2. The first-order chi connectivity index (χ1) is 10.0. The molecule has 2 rings (SSSR count). The lowest BCUT2D eigenvalue weighted by Gasteiger charge is -2.05. The Hall–Kier alpha value is -2.90. The molecule has 2 N–H and O–H groups in total. The van der Waals surface area contributed by atoms with Crippen LogP contribution in [0.5, 0.6) is 5.88 Å². The number of aromatic nitrogens is 2. The number of imidazole rings is 1. The standard InChI is InChI=1S/C13H13N3O5/c1-8(17)21-7-11-12(18)16(13(19)15-11)10-4-2-9(3-5-10)6-14-20/h2-5,18H,6-7H2,1H3,(H,15,19). The van der Waals surface area contributed by atoms with Crippen molar-refractivity contribution in [3.8, 4) is 11.6 Å². The van der Waals surface area contributed by atoms with Crippen molar-refractivity contribution in [3.05, 3.63) is 50.9 Å². The Kier molecular flexibility index (Phi) is 4.17. The summed E-state index contributed by atoms with van der Waals surface area (Å²) in [6, 6.07) is 6.40. The molecule has 1 aromatic carbocycles. The van der Waals surface area contributed by atoms with Gasteiger partial charge in [0.05, 0.1) is 5.69 Å². The van der Waals surface area contributed by atoms with Crippen LogP contribution in [0.15, 0.2) is 34.2 Å². The first-order valence-electron chi connectivity index (χ1n) is 6.07. The van der Waals surface area contributed by atoms with Crippen LogP contribution < -0.4 is 5.69 Å². The third-order valence-electron chi connectivity index (χ3n) is 2.80. The molecule has 8 heteroatoms. The van der Waals surface area contributed by atoms with Crippen LogP contribution in [-0.2, 0) is 22.7 Å². The zero-order chi connectivity index (χ0) is 15.4. The number of nitrogens with one attached hydrogen (secondary N) is 1. The van der Waals surface area contributed by atoms with E-state index in [1.165, 1.54) is 6.92 Å². The van der Waals surface area contributed by atoms with Crippen molar-refractivity contribution >= 4 is 5.97 Å². The van der Waals surface area contributed by atoms with E-state index in [4.69, 9.17) is 4.74 Å². The van der Waals surface area contributed by atoms with Crippen molar-refractivity contribution in [2.45, 2.75) is 20.1 Å². The monoisotopic (exact) mass is 291 g/mol. The number of esters is 1. The maximum atomic E-state index is 11.9. The number of ether oxygens (including phenoxy) is 1. The Bertz CT molecular complexity index is 714. The number of hydrogen-bond acceptors (Lipinski definition) is 6. The molecule has 0 fully saturated rings. The second-order valence-electron chi connectivity index (χ2n) is 4.30. The van der Waals surface area contributed by atoms with Crippen LogP contribution in [-0.4, -0.2) is 20.6 Å². The van der Waals surface area contributed by atoms with Gasteiger partial charge in [-0.1, -0.05) is 17.3 Å². The highest BCUT2D eigenvalue weighted by Crippen LogP contribution is 2.19. The topological polar surface area (TPSA) is 114 Å². The van der Waals surface area contributed by atoms with E-state index < -0.39 is 11.7 Å². The predicted molar refractivity (Wildman–Crippen MR) is 73.0 cm³/mol. The number of aromatic amines is 1. The van der Waals surface area contributed by atoms with Crippen LogP contribution >= 0.6 is 0 Å². The van der Waals surface area contributed by atoms with Gasteiger partial charge < -0.3 is 14.8 Å². The van der Waals surface area contributed by atoms with Gasteiger partial charge in [0.25, 0.3) is 0 Å². The molecule has 0 aliphatic rings. The molecule has 0 unspecified atom stereocenters. The number of carbonyl (C=O) groups is 1. The number of H-pyrrole nitrogens is 1. The lowest BCUT2D eigenvalue weighted by molar-refractivity contribution is -0.142. The molecular weight excluding hydrogens is 278 g/mol. The van der Waals surface area contributed by atoms with Gasteiger partial charge >= 0.3 is 11.7 Å². The summed E-state index contributed by atoms with van der Waals surface area (Å²) in [5, 5.41) is 12.8. The molecule has 0 spiro atoms. The Morgan fingerprint density at radius 3 is 2.62 bits per heavy atom. The molecule has 8 nitrogen and oxygen atoms in total. The summed E-state index contributed by atoms with van der Waals surface area (Å²) in [5.74, 6) is -0.851. The highest BCUT2D eigenvalue weighted by atomic mass is 16.5. The number of benzene rings is 1. The fraction of sp³-hybridized carbons (Fsp3) is 0.231. The minimum Gasteiger partial charge on any atom is -0.493 e. The second kappa shape index (κ2) is 6.04. The third kappa shape index (κ3) is 3.16. The van der Waals surface area contributed by atoms with E-state index in [1.807, 2.05) is 0 Å². The van der Waals surface area contributed by atoms with E-state index in [1.54, 1.807) is 24.3 Å². The van der Waals surface area contributed by atoms with E-state index in [0.717, 1.165) is 4.57 Å². The van der Waals surface area contributed by atoms with Gasteiger partial charge in [0.1, 0.15) is 18.8 Å². The zero-order valence-corrected chi connectivity index (χ0v) is 11.2. The van der Waals surface area contributed by atoms with Crippen molar-refractivity contribution in [1.29, 1.82) is 0 Å². The minimum absolute atomic E-state index is 0.0337. The molecule has 0 bridgehead atoms. The number of aromatic hydroxyl groups is 1. The van der Waals surface area contributed by atoms with Crippen molar-refractivity contribution in [1.82, 2.24) is 9.55 Å². The van der Waals surface area contributed by atoms with E-state index in [-0.39, 0.29) is 24.7 Å². The number of nitroso groups, excluding NO2 is 1. The summed E-state index contributed by atoms with van der Waals surface area (Å²) in [6.07, 6.45) is 0. The largest absolute Gasteiger partial charge is 0.493 e. The number of hydrogen-bond donors (Lipinski definition) is 2. The summed E-state index contributed by atoms with van der Waals surface area (Å²) in [5.41, 5.74) is 0.652. The van der Waals surface area contributed by atoms with Gasteiger partial charge in [-0.25, -0.2) is 9.36 Å². The van der Waals surface area contributed by atoms with Gasteiger partial charge in [-0.2, -0.15) is 4.91 Å². The van der Waals surface area contributed by atoms with Crippen LogP contribution in [0.4, 0.5) is 0 Å². The molecule has 0 radical (unpaired) electrons. The van der Waals surface area contributed by atoms with Gasteiger partial charge in [0, 0.05) is 6.92 Å². The molecule has 0 saturated heterocycles. The van der Waals surface area contributed by atoms with Gasteiger partial charge in [-0.3, -0.25) is 4.79 Å². The Balaban J connectivity index is 2.33. The molecule has 2 aromatic rings. The molecule has 0 atom stereocenters. The van der Waals surface area contributed by atoms with Crippen LogP contribution in [0.2, 0.25) is 0 Å². The van der Waals surface area contributed by atoms with E-state index in [2.05, 4.69) is 10.2 Å². The van der Waals surface area contributed by atoms with Gasteiger partial charge in [-0.15, -0.1) is 0 Å². The molecular formula is C13H13N3O5. The predicted octanol–water partition coefficient (Wildman–Crippen LogP) is 1.20. The highest BCUT2D eigenvalue weighted by molar-refractivity contribution is 5.65. The maximum Gasteiger partial charge on any atom is 0.333 e. The molecule has 0 amide bonds. The van der Waals surface area contributed by atoms with Crippen molar-refractivity contribution in [3.63, 3.8) is 0 Å². The minimum atomic E-state index is -0.559. The molecule has 0 aliphatic carbocycles. The number of nitrogens with zero attached hydrogens (tertiary/aromatic N) is 2. The van der Waals surface area contributed by atoms with Gasteiger partial charge in [0.2, 0.25) is 5.88 Å². The van der Waals surface area contributed by atoms with Gasteiger partial charge in [-0.05, 0) is 17.7 Å². The number of carbonyl (C=O) groups excluding carboxylic acids is 1. The maximum absolute atomic E-state index is 11.9. The van der Waals surface area contributed by atoms with Crippen molar-refractivity contribution in [2.75, 3.05) is 0 Å². The molecule has 0 saturated carbocycles. The fourth-order valence-corrected chi connectivity index (χ4v) is 1.81. The lowest BCUT2D eigenvalue weighted by atomic mass is 10.2. The van der Waals surface area contributed by atoms with Crippen LogP contribution in [0.1, 0.15) is 18.2 Å². The lowest BCUT2D eigenvalue weighted by Crippen LogP contribution is -2.14. The number of rotatable bonds is 5. The third-order valence-corrected chi connectivity index (χ3v) is 2.80. The second-order valence-corrected chi connectivity index (χ2v) is 4.30. The summed E-state index contributed by atoms with van der Waals surface area (Å²) < 4.78 is 5.77. The fourth-order valence-electron chi connectivity index (χ4n) is 1.81. The SMILES string of the molecule is CC(=O)OCc1[nH]c(=O)n(-c2ccc(CN=O)cc2)c1O. The molecule has 110 valence electrons. The average molecular weight is 291 g/mol. The van der Waals surface area contributed by atoms with E-state index in [9.17, 15) is 19.6 Å². The Morgan fingerprint density at radius 1 is 1.38 bits per heavy atom. The van der Waals surface area contributed by atoms with Crippen molar-refractivity contribution < 1.29 is 14.6 Å². The Labute approximate surface area is 119 Å². The first-order valence-corrected chi connectivity index (χ1v) is 6.07. The van der Waals surface area contributed by atoms with Gasteiger partial charge in [0.15, 0.2) is 0 Å². The summed E-state index contributed by atoms with van der Waals surface area (Å²) in [7, 11) is 0. The van der Waals surface area contributed by atoms with Crippen LogP contribution in [0.25, 0.3) is 5.69 Å². The molecule has 0 aliphatic heterocycles. The summed E-state index contributed by atoms with van der Waals surface area (Å²) in [6.45, 7) is 1.04. The first kappa shape index (κ1) is 14.5. The molecule has 1 aromatic heterocycles. The van der Waals surface area contributed by atoms with Crippen LogP contribution in [0, 0.1) is 4.91 Å². The normalized spacial score (nSPS) is 10.3. The van der Waals surface area contributed by atoms with E-state index >= 15 is 0 Å². The summed E-state index contributed by atoms with van der Waals surface area (Å²) in [4.78, 5) is 35.2. The van der Waals surface area contributed by atoms with Crippen LogP contribution in [0.3, 0.4) is 0 Å². The molecule has 1 heterocycles. The molecule has 21 heavy (non-hydrogen) atoms. The average Bonchev–Trinajstić information content (AvgIpc) is 2.73.